The first kappa shape index (κ1) is 21.2. The van der Waals surface area contributed by atoms with Crippen molar-refractivity contribution >= 4 is 76.8 Å². The summed E-state index contributed by atoms with van der Waals surface area (Å²) in [6, 6.07) is 48.8. The van der Waals surface area contributed by atoms with E-state index < -0.39 is 0 Å². The summed E-state index contributed by atoms with van der Waals surface area (Å²) >= 11 is 0. The van der Waals surface area contributed by atoms with Crippen LogP contribution in [0.4, 0.5) is 0 Å². The molecular formula is C38H24. The highest BCUT2D eigenvalue weighted by Gasteiger charge is 2.07. The van der Waals surface area contributed by atoms with E-state index in [2.05, 4.69) is 146 Å². The highest BCUT2D eigenvalue weighted by atomic mass is 14.1. The van der Waals surface area contributed by atoms with Crippen LogP contribution in [0.1, 0.15) is 11.1 Å². The van der Waals surface area contributed by atoms with E-state index in [0.29, 0.717) is 0 Å². The van der Waals surface area contributed by atoms with Crippen LogP contribution in [0.25, 0.3) is 76.8 Å². The van der Waals surface area contributed by atoms with Crippen LogP contribution in [0, 0.1) is 0 Å². The second-order valence-corrected chi connectivity index (χ2v) is 10.2. The minimum Gasteiger partial charge on any atom is -0.0616 e. The van der Waals surface area contributed by atoms with Crippen LogP contribution >= 0.6 is 0 Å². The molecule has 0 amide bonds. The predicted octanol–water partition coefficient (Wildman–Crippen LogP) is 10.8. The Morgan fingerprint density at radius 2 is 0.684 bits per heavy atom. The smallest absolute Gasteiger partial charge is 0.00988 e. The molecule has 0 heteroatoms. The molecule has 8 aromatic rings. The van der Waals surface area contributed by atoms with Gasteiger partial charge in [-0.15, -0.1) is 0 Å². The van der Waals surface area contributed by atoms with Gasteiger partial charge in [-0.25, -0.2) is 0 Å². The Balaban J connectivity index is 1.28. The fraction of sp³-hybridized carbons (Fsp3) is 0. The lowest BCUT2D eigenvalue weighted by Crippen LogP contribution is -1.84. The Morgan fingerprint density at radius 1 is 0.263 bits per heavy atom. The van der Waals surface area contributed by atoms with Crippen molar-refractivity contribution in [2.45, 2.75) is 0 Å². The quantitative estimate of drug-likeness (QED) is 0.131. The van der Waals surface area contributed by atoms with E-state index in [4.69, 9.17) is 0 Å². The van der Waals surface area contributed by atoms with E-state index in [-0.39, 0.29) is 0 Å². The molecule has 176 valence electrons. The molecule has 38 heavy (non-hydrogen) atoms. The Morgan fingerprint density at radius 3 is 1.13 bits per heavy atom. The lowest BCUT2D eigenvalue weighted by molar-refractivity contribution is 1.73. The SMILES string of the molecule is C(=C\c1cccc2c1ccc1cc3ccccc3cc12)/c1cccc2c1ccc1cc3ccccc3cc12. The van der Waals surface area contributed by atoms with Crippen molar-refractivity contribution in [1.82, 2.24) is 0 Å². The summed E-state index contributed by atoms with van der Waals surface area (Å²) in [5, 5.41) is 15.5. The van der Waals surface area contributed by atoms with Gasteiger partial charge in [0.05, 0.1) is 0 Å². The topological polar surface area (TPSA) is 0 Å². The standard InChI is InChI=1S/C38H24/c1-3-9-29-23-37-31(21-27(29)7-1)17-19-33-25(11-5-13-35(33)37)15-16-26-12-6-14-36-34(26)20-18-32-22-28-8-2-4-10-30(28)24-38(32)36/h1-24H/b16-15+. The maximum absolute atomic E-state index is 2.33. The molecule has 0 radical (unpaired) electrons. The molecule has 0 aliphatic heterocycles. The van der Waals surface area contributed by atoms with Crippen LogP contribution in [0.3, 0.4) is 0 Å². The van der Waals surface area contributed by atoms with Crippen LogP contribution < -0.4 is 0 Å². The molecule has 0 atom stereocenters. The Bertz CT molecular complexity index is 2070. The van der Waals surface area contributed by atoms with Crippen LogP contribution in [0.15, 0.2) is 133 Å². The van der Waals surface area contributed by atoms with Gasteiger partial charge in [-0.05, 0) is 100 Å². The van der Waals surface area contributed by atoms with Gasteiger partial charge in [-0.1, -0.05) is 121 Å². The number of hydrogen-bond acceptors (Lipinski definition) is 0. The molecule has 0 bridgehead atoms. The van der Waals surface area contributed by atoms with Gasteiger partial charge in [-0.3, -0.25) is 0 Å². The summed E-state index contributed by atoms with van der Waals surface area (Å²) in [6.45, 7) is 0. The van der Waals surface area contributed by atoms with E-state index in [1.54, 1.807) is 0 Å². The average Bonchev–Trinajstić information content (AvgIpc) is 2.97. The van der Waals surface area contributed by atoms with E-state index >= 15 is 0 Å². The van der Waals surface area contributed by atoms with Crippen molar-refractivity contribution in [3.05, 3.63) is 145 Å². The molecule has 0 aliphatic carbocycles. The molecule has 0 saturated carbocycles. The summed E-state index contributed by atoms with van der Waals surface area (Å²) in [5.41, 5.74) is 2.47. The summed E-state index contributed by atoms with van der Waals surface area (Å²) in [7, 11) is 0. The molecule has 0 unspecified atom stereocenters. The van der Waals surface area contributed by atoms with Crippen molar-refractivity contribution in [3.63, 3.8) is 0 Å². The van der Waals surface area contributed by atoms with Crippen LogP contribution in [-0.2, 0) is 0 Å². The Kier molecular flexibility index (Phi) is 4.62. The second kappa shape index (κ2) is 8.30. The Hall–Kier alpha value is -4.94. The molecule has 8 rings (SSSR count). The molecule has 0 heterocycles. The first-order chi connectivity index (χ1) is 18.8. The fourth-order valence-corrected chi connectivity index (χ4v) is 6.08. The van der Waals surface area contributed by atoms with Crippen LogP contribution in [0.5, 0.6) is 0 Å². The third kappa shape index (κ3) is 3.31. The molecule has 0 saturated heterocycles. The highest BCUT2D eigenvalue weighted by Crippen LogP contribution is 2.34. The second-order valence-electron chi connectivity index (χ2n) is 10.2. The number of rotatable bonds is 2. The fourth-order valence-electron chi connectivity index (χ4n) is 6.08. The van der Waals surface area contributed by atoms with E-state index in [9.17, 15) is 0 Å². The normalized spacial score (nSPS) is 12.1. The summed E-state index contributed by atoms with van der Waals surface area (Å²) in [5.74, 6) is 0. The molecular weight excluding hydrogens is 456 g/mol. The van der Waals surface area contributed by atoms with Gasteiger partial charge in [0.1, 0.15) is 0 Å². The molecule has 0 aromatic heterocycles. The van der Waals surface area contributed by atoms with Gasteiger partial charge in [0.25, 0.3) is 0 Å². The third-order valence-electron chi connectivity index (χ3n) is 8.00. The van der Waals surface area contributed by atoms with Gasteiger partial charge >= 0.3 is 0 Å². The Labute approximate surface area is 221 Å². The average molecular weight is 481 g/mol. The third-order valence-corrected chi connectivity index (χ3v) is 8.00. The minimum absolute atomic E-state index is 1.24. The van der Waals surface area contributed by atoms with E-state index in [1.165, 1.54) is 75.8 Å². The van der Waals surface area contributed by atoms with Crippen LogP contribution in [-0.4, -0.2) is 0 Å². The molecule has 0 fully saturated rings. The highest BCUT2D eigenvalue weighted by molar-refractivity contribution is 6.16. The van der Waals surface area contributed by atoms with Gasteiger partial charge in [0.2, 0.25) is 0 Å². The zero-order chi connectivity index (χ0) is 25.1. The molecule has 0 spiro atoms. The van der Waals surface area contributed by atoms with Gasteiger partial charge in [-0.2, -0.15) is 0 Å². The lowest BCUT2D eigenvalue weighted by Gasteiger charge is -2.10. The zero-order valence-corrected chi connectivity index (χ0v) is 20.9. The summed E-state index contributed by atoms with van der Waals surface area (Å²) in [4.78, 5) is 0. The number of fused-ring (bicyclic) bond motifs is 8. The molecule has 8 aromatic carbocycles. The summed E-state index contributed by atoms with van der Waals surface area (Å²) < 4.78 is 0. The van der Waals surface area contributed by atoms with Gasteiger partial charge in [0, 0.05) is 0 Å². The maximum Gasteiger partial charge on any atom is -0.00988 e. The largest absolute Gasteiger partial charge is 0.0616 e. The monoisotopic (exact) mass is 480 g/mol. The molecule has 0 aliphatic rings. The minimum atomic E-state index is 1.24. The summed E-state index contributed by atoms with van der Waals surface area (Å²) in [6.07, 6.45) is 4.54. The van der Waals surface area contributed by atoms with Crippen molar-refractivity contribution < 1.29 is 0 Å². The van der Waals surface area contributed by atoms with Gasteiger partial charge < -0.3 is 0 Å². The van der Waals surface area contributed by atoms with Gasteiger partial charge in [0.15, 0.2) is 0 Å². The van der Waals surface area contributed by atoms with Crippen molar-refractivity contribution in [3.8, 4) is 0 Å². The van der Waals surface area contributed by atoms with Crippen molar-refractivity contribution in [2.75, 3.05) is 0 Å². The molecule has 0 N–H and O–H groups in total. The van der Waals surface area contributed by atoms with Crippen molar-refractivity contribution in [2.24, 2.45) is 0 Å². The maximum atomic E-state index is 2.33. The van der Waals surface area contributed by atoms with E-state index in [1.807, 2.05) is 0 Å². The number of benzene rings is 8. The van der Waals surface area contributed by atoms with Crippen LogP contribution in [0.2, 0.25) is 0 Å². The molecule has 0 nitrogen and oxygen atoms in total. The zero-order valence-electron chi connectivity index (χ0n) is 20.9. The van der Waals surface area contributed by atoms with Crippen molar-refractivity contribution in [1.29, 1.82) is 0 Å². The first-order valence-corrected chi connectivity index (χ1v) is 13.2. The lowest BCUT2D eigenvalue weighted by atomic mass is 9.94. The first-order valence-electron chi connectivity index (χ1n) is 13.2. The van der Waals surface area contributed by atoms with E-state index in [0.717, 1.165) is 0 Å². The number of hydrogen-bond donors (Lipinski definition) is 0. The predicted molar refractivity (Wildman–Crippen MR) is 167 cm³/mol.